The Kier molecular flexibility index (Phi) is 5.58. The van der Waals surface area contributed by atoms with E-state index >= 15 is 0 Å². The highest BCUT2D eigenvalue weighted by molar-refractivity contribution is 6.01. The third-order valence-corrected chi connectivity index (χ3v) is 6.69. The zero-order valence-corrected chi connectivity index (χ0v) is 17.3. The summed E-state index contributed by atoms with van der Waals surface area (Å²) < 4.78 is 0. The minimum Gasteiger partial charge on any atom is -0.369 e. The molecule has 3 saturated heterocycles. The fourth-order valence-corrected chi connectivity index (χ4v) is 4.97. The molecule has 0 aromatic heterocycles. The molecule has 156 valence electrons. The Morgan fingerprint density at radius 1 is 1.00 bits per heavy atom. The number of nitrogens with one attached hydrogen (secondary N) is 1. The number of amides is 3. The highest BCUT2D eigenvalue weighted by Crippen LogP contribution is 2.33. The van der Waals surface area contributed by atoms with Crippen LogP contribution in [0.4, 0.5) is 5.69 Å². The standard InChI is InChI=1S/C22H30N4O3/c1-15-16(17-8-9-20(27)23-21(17)28)5-3-6-18(15)25-11-13-26(14-12-25)19-7-4-10-24(2)22(19)29/h3,5-6,17,19H,4,7-14H2,1-2H3,(H,23,27,28). The molecule has 3 amide bonds. The average Bonchev–Trinajstić information content (AvgIpc) is 2.71. The highest BCUT2D eigenvalue weighted by atomic mass is 16.2. The van der Waals surface area contributed by atoms with Crippen molar-refractivity contribution in [2.75, 3.05) is 44.7 Å². The van der Waals surface area contributed by atoms with Gasteiger partial charge in [-0.25, -0.2) is 0 Å². The number of piperazine rings is 1. The van der Waals surface area contributed by atoms with Crippen LogP contribution in [0.5, 0.6) is 0 Å². The van der Waals surface area contributed by atoms with Crippen molar-refractivity contribution in [3.63, 3.8) is 0 Å². The van der Waals surface area contributed by atoms with Crippen LogP contribution in [0.2, 0.25) is 0 Å². The van der Waals surface area contributed by atoms with Gasteiger partial charge in [0, 0.05) is 51.9 Å². The Balaban J connectivity index is 1.46. The lowest BCUT2D eigenvalue weighted by atomic mass is 9.87. The van der Waals surface area contributed by atoms with Gasteiger partial charge in [-0.3, -0.25) is 24.6 Å². The molecule has 3 aliphatic heterocycles. The second-order valence-corrected chi connectivity index (χ2v) is 8.44. The summed E-state index contributed by atoms with van der Waals surface area (Å²) in [5, 5.41) is 2.47. The van der Waals surface area contributed by atoms with E-state index in [9.17, 15) is 14.4 Å². The first kappa shape index (κ1) is 19.9. The molecular weight excluding hydrogens is 368 g/mol. The van der Waals surface area contributed by atoms with Crippen LogP contribution in [-0.4, -0.2) is 73.3 Å². The molecular formula is C22H30N4O3. The van der Waals surface area contributed by atoms with Gasteiger partial charge in [-0.1, -0.05) is 12.1 Å². The Hall–Kier alpha value is -2.41. The molecule has 2 unspecified atom stereocenters. The van der Waals surface area contributed by atoms with E-state index in [1.54, 1.807) is 0 Å². The van der Waals surface area contributed by atoms with E-state index in [2.05, 4.69) is 28.1 Å². The maximum atomic E-state index is 12.5. The molecule has 1 aromatic rings. The van der Waals surface area contributed by atoms with E-state index in [0.717, 1.165) is 62.4 Å². The van der Waals surface area contributed by atoms with Crippen LogP contribution in [-0.2, 0) is 14.4 Å². The van der Waals surface area contributed by atoms with Crippen LogP contribution in [0.25, 0.3) is 0 Å². The lowest BCUT2D eigenvalue weighted by Gasteiger charge is -2.43. The summed E-state index contributed by atoms with van der Waals surface area (Å²) in [4.78, 5) is 42.9. The molecule has 2 atom stereocenters. The van der Waals surface area contributed by atoms with Crippen LogP contribution < -0.4 is 10.2 Å². The molecule has 0 spiro atoms. The molecule has 29 heavy (non-hydrogen) atoms. The topological polar surface area (TPSA) is 73.0 Å². The van der Waals surface area contributed by atoms with Crippen molar-refractivity contribution in [2.45, 2.75) is 44.6 Å². The van der Waals surface area contributed by atoms with E-state index in [-0.39, 0.29) is 29.7 Å². The van der Waals surface area contributed by atoms with E-state index in [4.69, 9.17) is 0 Å². The van der Waals surface area contributed by atoms with Crippen molar-refractivity contribution in [2.24, 2.45) is 0 Å². The first-order valence-corrected chi connectivity index (χ1v) is 10.6. The van der Waals surface area contributed by atoms with Crippen molar-refractivity contribution >= 4 is 23.4 Å². The van der Waals surface area contributed by atoms with E-state index in [0.29, 0.717) is 12.8 Å². The van der Waals surface area contributed by atoms with E-state index in [1.165, 1.54) is 0 Å². The number of imide groups is 1. The van der Waals surface area contributed by atoms with Gasteiger partial charge in [0.25, 0.3) is 0 Å². The molecule has 0 aliphatic carbocycles. The van der Waals surface area contributed by atoms with Crippen LogP contribution in [0, 0.1) is 6.92 Å². The van der Waals surface area contributed by atoms with Crippen molar-refractivity contribution < 1.29 is 14.4 Å². The van der Waals surface area contributed by atoms with Gasteiger partial charge in [0.1, 0.15) is 0 Å². The third-order valence-electron chi connectivity index (χ3n) is 6.69. The van der Waals surface area contributed by atoms with Gasteiger partial charge in [-0.05, 0) is 43.4 Å². The Bertz CT molecular complexity index is 816. The van der Waals surface area contributed by atoms with E-state index in [1.807, 2.05) is 24.1 Å². The van der Waals surface area contributed by atoms with Gasteiger partial charge in [0.2, 0.25) is 17.7 Å². The summed E-state index contributed by atoms with van der Waals surface area (Å²) in [7, 11) is 1.90. The van der Waals surface area contributed by atoms with E-state index < -0.39 is 0 Å². The summed E-state index contributed by atoms with van der Waals surface area (Å²) in [5.74, 6) is -0.379. The van der Waals surface area contributed by atoms with Crippen molar-refractivity contribution in [3.8, 4) is 0 Å². The molecule has 4 rings (SSSR count). The Morgan fingerprint density at radius 3 is 2.48 bits per heavy atom. The Morgan fingerprint density at radius 2 is 1.76 bits per heavy atom. The zero-order valence-electron chi connectivity index (χ0n) is 17.3. The number of carbonyl (C=O) groups excluding carboxylic acids is 3. The second-order valence-electron chi connectivity index (χ2n) is 8.44. The van der Waals surface area contributed by atoms with Gasteiger partial charge >= 0.3 is 0 Å². The summed E-state index contributed by atoms with van der Waals surface area (Å²) >= 11 is 0. The van der Waals surface area contributed by atoms with Crippen molar-refractivity contribution in [3.05, 3.63) is 29.3 Å². The van der Waals surface area contributed by atoms with Gasteiger partial charge < -0.3 is 9.80 Å². The Labute approximate surface area is 172 Å². The fourth-order valence-electron chi connectivity index (χ4n) is 4.97. The van der Waals surface area contributed by atoms with Crippen molar-refractivity contribution in [1.29, 1.82) is 0 Å². The molecule has 0 bridgehead atoms. The largest absolute Gasteiger partial charge is 0.369 e. The summed E-state index contributed by atoms with van der Waals surface area (Å²) in [6, 6.07) is 6.14. The van der Waals surface area contributed by atoms with Gasteiger partial charge in [0.05, 0.1) is 12.0 Å². The summed E-state index contributed by atoms with van der Waals surface area (Å²) in [6.45, 7) is 6.40. The summed E-state index contributed by atoms with van der Waals surface area (Å²) in [6.07, 6.45) is 2.98. The fraction of sp³-hybridized carbons (Fsp3) is 0.591. The summed E-state index contributed by atoms with van der Waals surface area (Å²) in [5.41, 5.74) is 3.28. The first-order valence-electron chi connectivity index (χ1n) is 10.6. The molecule has 1 aromatic carbocycles. The average molecular weight is 399 g/mol. The number of rotatable bonds is 3. The first-order chi connectivity index (χ1) is 14.0. The van der Waals surface area contributed by atoms with Crippen LogP contribution in [0.15, 0.2) is 18.2 Å². The third kappa shape index (κ3) is 3.88. The second kappa shape index (κ2) is 8.14. The predicted molar refractivity (Wildman–Crippen MR) is 111 cm³/mol. The molecule has 3 fully saturated rings. The monoisotopic (exact) mass is 398 g/mol. The SMILES string of the molecule is Cc1c(C2CCC(=O)NC2=O)cccc1N1CCN(C2CCCN(C)C2=O)CC1. The van der Waals surface area contributed by atoms with Crippen LogP contribution >= 0.6 is 0 Å². The number of carbonyl (C=O) groups is 3. The highest BCUT2D eigenvalue weighted by Gasteiger charge is 2.34. The smallest absolute Gasteiger partial charge is 0.239 e. The van der Waals surface area contributed by atoms with Gasteiger partial charge in [-0.15, -0.1) is 0 Å². The van der Waals surface area contributed by atoms with Crippen LogP contribution in [0.3, 0.4) is 0 Å². The number of anilines is 1. The molecule has 3 heterocycles. The molecule has 0 radical (unpaired) electrons. The number of piperidine rings is 2. The quantitative estimate of drug-likeness (QED) is 0.776. The number of nitrogens with zero attached hydrogens (tertiary/aromatic N) is 3. The predicted octanol–water partition coefficient (Wildman–Crippen LogP) is 1.26. The van der Waals surface area contributed by atoms with Gasteiger partial charge in [0.15, 0.2) is 0 Å². The zero-order chi connectivity index (χ0) is 20.5. The maximum Gasteiger partial charge on any atom is 0.239 e. The normalized spacial score (nSPS) is 26.6. The van der Waals surface area contributed by atoms with Crippen molar-refractivity contribution in [1.82, 2.24) is 15.1 Å². The van der Waals surface area contributed by atoms with Gasteiger partial charge in [-0.2, -0.15) is 0 Å². The number of likely N-dealkylation sites (N-methyl/N-ethyl adjacent to an activating group) is 1. The number of likely N-dealkylation sites (tertiary alicyclic amines) is 1. The maximum absolute atomic E-state index is 12.5. The number of hydrogen-bond donors (Lipinski definition) is 1. The lowest BCUT2D eigenvalue weighted by Crippen LogP contribution is -2.57. The molecule has 3 aliphatic rings. The lowest BCUT2D eigenvalue weighted by molar-refractivity contribution is -0.139. The van der Waals surface area contributed by atoms with Crippen LogP contribution in [0.1, 0.15) is 42.7 Å². The minimum absolute atomic E-state index is 0.0202. The molecule has 7 heteroatoms. The number of hydrogen-bond acceptors (Lipinski definition) is 5. The molecule has 1 N–H and O–H groups in total. The molecule has 0 saturated carbocycles. The minimum atomic E-state index is -0.260. The molecule has 7 nitrogen and oxygen atoms in total. The number of benzene rings is 1.